The predicted octanol–water partition coefficient (Wildman–Crippen LogP) is 9.30. The first kappa shape index (κ1) is 22.7. The van der Waals surface area contributed by atoms with Crippen LogP contribution in [0.2, 0.25) is 5.02 Å². The van der Waals surface area contributed by atoms with Gasteiger partial charge in [0.15, 0.2) is 0 Å². The lowest BCUT2D eigenvalue weighted by atomic mass is 9.74. The molecule has 0 aromatic heterocycles. The molecule has 0 nitrogen and oxygen atoms in total. The molecular weight excluding hydrogens is 417 g/mol. The SMILES string of the molecule is C[C@H]1CC[C@H](CC[C@H]2CC[C@H](c3cc(F)c(-c4ccc(Cl)c(F)c4)c(F)c3)CC2)CC1. The lowest BCUT2D eigenvalue weighted by Crippen LogP contribution is -2.17. The fourth-order valence-electron chi connectivity index (χ4n) is 5.63. The van der Waals surface area contributed by atoms with Crippen LogP contribution < -0.4 is 0 Å². The largest absolute Gasteiger partial charge is 0.206 e. The molecule has 2 fully saturated rings. The standard InChI is InChI=1S/C27H32ClF3/c1-17-2-4-18(5-3-17)6-7-19-8-10-20(11-9-19)22-15-25(30)27(26(31)16-22)21-12-13-23(28)24(29)14-21/h12-20H,2-11H2,1H3/t17-,18-,19-,20-. The molecule has 0 amide bonds. The van der Waals surface area contributed by atoms with Gasteiger partial charge in [-0.2, -0.15) is 0 Å². The second-order valence-electron chi connectivity index (χ2n) is 9.91. The molecule has 0 unspecified atom stereocenters. The van der Waals surface area contributed by atoms with Crippen molar-refractivity contribution in [2.24, 2.45) is 17.8 Å². The summed E-state index contributed by atoms with van der Waals surface area (Å²) in [6, 6.07) is 6.75. The summed E-state index contributed by atoms with van der Waals surface area (Å²) in [6.45, 7) is 2.36. The van der Waals surface area contributed by atoms with Crippen molar-refractivity contribution in [2.45, 2.75) is 77.0 Å². The molecule has 0 spiro atoms. The highest BCUT2D eigenvalue weighted by molar-refractivity contribution is 6.30. The van der Waals surface area contributed by atoms with Crippen LogP contribution in [0.25, 0.3) is 11.1 Å². The highest BCUT2D eigenvalue weighted by Crippen LogP contribution is 2.41. The Labute approximate surface area is 189 Å². The van der Waals surface area contributed by atoms with E-state index in [0.29, 0.717) is 0 Å². The number of halogens is 4. The smallest absolute Gasteiger partial charge is 0.142 e. The molecule has 0 aliphatic heterocycles. The molecule has 0 radical (unpaired) electrons. The van der Waals surface area contributed by atoms with Crippen molar-refractivity contribution in [2.75, 3.05) is 0 Å². The zero-order valence-electron chi connectivity index (χ0n) is 18.3. The van der Waals surface area contributed by atoms with Gasteiger partial charge in [0, 0.05) is 0 Å². The number of hydrogen-bond acceptors (Lipinski definition) is 0. The molecule has 0 atom stereocenters. The Hall–Kier alpha value is -1.48. The Balaban J connectivity index is 1.36. The Morgan fingerprint density at radius 2 is 1.29 bits per heavy atom. The number of rotatable bonds is 5. The summed E-state index contributed by atoms with van der Waals surface area (Å²) in [5.41, 5.74) is 0.715. The van der Waals surface area contributed by atoms with E-state index in [1.807, 2.05) is 0 Å². The first-order chi connectivity index (χ1) is 14.9. The molecule has 2 aromatic rings. The number of hydrogen-bond donors (Lipinski definition) is 0. The van der Waals surface area contributed by atoms with Gasteiger partial charge in [0.1, 0.15) is 17.5 Å². The molecule has 4 rings (SSSR count). The molecule has 2 saturated carbocycles. The maximum absolute atomic E-state index is 14.8. The summed E-state index contributed by atoms with van der Waals surface area (Å²) >= 11 is 5.70. The van der Waals surface area contributed by atoms with Crippen LogP contribution in [0.3, 0.4) is 0 Å². The third-order valence-corrected chi connectivity index (χ3v) is 8.02. The second-order valence-corrected chi connectivity index (χ2v) is 10.3. The summed E-state index contributed by atoms with van der Waals surface area (Å²) in [5.74, 6) is 0.812. The molecular formula is C27H32ClF3. The quantitative estimate of drug-likeness (QED) is 0.427. The van der Waals surface area contributed by atoms with Gasteiger partial charge in [-0.25, -0.2) is 13.2 Å². The summed E-state index contributed by atoms with van der Waals surface area (Å²) in [5, 5.41) is -0.0593. The monoisotopic (exact) mass is 448 g/mol. The average Bonchev–Trinajstić information content (AvgIpc) is 2.75. The summed E-state index contributed by atoms with van der Waals surface area (Å²) in [7, 11) is 0. The summed E-state index contributed by atoms with van der Waals surface area (Å²) in [6.07, 6.45) is 12.4. The van der Waals surface area contributed by atoms with E-state index in [2.05, 4.69) is 6.92 Å². The Morgan fingerprint density at radius 1 is 0.742 bits per heavy atom. The summed E-state index contributed by atoms with van der Waals surface area (Å²) in [4.78, 5) is 0. The van der Waals surface area contributed by atoms with E-state index in [4.69, 9.17) is 11.6 Å². The maximum atomic E-state index is 14.8. The molecule has 0 bridgehead atoms. The Bertz CT molecular complexity index is 870. The van der Waals surface area contributed by atoms with Crippen molar-refractivity contribution in [1.29, 1.82) is 0 Å². The van der Waals surface area contributed by atoms with E-state index in [9.17, 15) is 13.2 Å². The molecule has 2 aliphatic rings. The van der Waals surface area contributed by atoms with Gasteiger partial charge < -0.3 is 0 Å². The van der Waals surface area contributed by atoms with E-state index >= 15 is 0 Å². The van der Waals surface area contributed by atoms with Crippen molar-refractivity contribution in [3.05, 3.63) is 58.4 Å². The first-order valence-corrected chi connectivity index (χ1v) is 12.2. The minimum atomic E-state index is -0.678. The van der Waals surface area contributed by atoms with Crippen molar-refractivity contribution < 1.29 is 13.2 Å². The van der Waals surface area contributed by atoms with Gasteiger partial charge in [-0.1, -0.05) is 63.1 Å². The molecule has 0 N–H and O–H groups in total. The van der Waals surface area contributed by atoms with Crippen molar-refractivity contribution in [1.82, 2.24) is 0 Å². The van der Waals surface area contributed by atoms with Crippen LogP contribution in [-0.4, -0.2) is 0 Å². The van der Waals surface area contributed by atoms with Crippen LogP contribution in [-0.2, 0) is 0 Å². The minimum absolute atomic E-state index is 0.0593. The van der Waals surface area contributed by atoms with Crippen LogP contribution >= 0.6 is 11.6 Å². The molecule has 4 heteroatoms. The van der Waals surface area contributed by atoms with Crippen molar-refractivity contribution >= 4 is 11.6 Å². The van der Waals surface area contributed by atoms with Gasteiger partial charge in [0.25, 0.3) is 0 Å². The van der Waals surface area contributed by atoms with E-state index in [0.717, 1.165) is 55.1 Å². The zero-order valence-corrected chi connectivity index (χ0v) is 19.0. The van der Waals surface area contributed by atoms with E-state index in [1.165, 1.54) is 62.8 Å². The van der Waals surface area contributed by atoms with Crippen molar-refractivity contribution in [3.8, 4) is 11.1 Å². The minimum Gasteiger partial charge on any atom is -0.206 e. The Kier molecular flexibility index (Phi) is 7.31. The van der Waals surface area contributed by atoms with Gasteiger partial charge in [-0.3, -0.25) is 0 Å². The zero-order chi connectivity index (χ0) is 22.0. The topological polar surface area (TPSA) is 0 Å². The van der Waals surface area contributed by atoms with E-state index in [-0.39, 0.29) is 22.1 Å². The van der Waals surface area contributed by atoms with Crippen LogP contribution in [0.5, 0.6) is 0 Å². The fourth-order valence-corrected chi connectivity index (χ4v) is 5.75. The van der Waals surface area contributed by atoms with Gasteiger partial charge in [-0.05, 0) is 84.7 Å². The van der Waals surface area contributed by atoms with Gasteiger partial charge in [-0.15, -0.1) is 0 Å². The second kappa shape index (κ2) is 9.98. The van der Waals surface area contributed by atoms with Crippen LogP contribution in [0.1, 0.15) is 82.6 Å². The molecule has 2 aliphatic carbocycles. The molecule has 0 saturated heterocycles. The average molecular weight is 449 g/mol. The molecule has 31 heavy (non-hydrogen) atoms. The van der Waals surface area contributed by atoms with Crippen LogP contribution in [0.4, 0.5) is 13.2 Å². The Morgan fingerprint density at radius 3 is 1.84 bits per heavy atom. The van der Waals surface area contributed by atoms with Gasteiger partial charge in [0.05, 0.1) is 10.6 Å². The lowest BCUT2D eigenvalue weighted by Gasteiger charge is -2.31. The number of benzene rings is 2. The highest BCUT2D eigenvalue weighted by Gasteiger charge is 2.26. The normalized spacial score (nSPS) is 26.7. The third-order valence-electron chi connectivity index (χ3n) is 7.71. The summed E-state index contributed by atoms with van der Waals surface area (Å²) < 4.78 is 43.4. The van der Waals surface area contributed by atoms with E-state index in [1.54, 1.807) is 0 Å². The van der Waals surface area contributed by atoms with Gasteiger partial charge >= 0.3 is 0 Å². The van der Waals surface area contributed by atoms with Gasteiger partial charge in [0.2, 0.25) is 0 Å². The first-order valence-electron chi connectivity index (χ1n) is 11.8. The molecule has 2 aromatic carbocycles. The van der Waals surface area contributed by atoms with Crippen LogP contribution in [0, 0.1) is 35.2 Å². The predicted molar refractivity (Wildman–Crippen MR) is 122 cm³/mol. The lowest BCUT2D eigenvalue weighted by molar-refractivity contribution is 0.237. The molecule has 0 heterocycles. The fraction of sp³-hybridized carbons (Fsp3) is 0.556. The van der Waals surface area contributed by atoms with E-state index < -0.39 is 17.5 Å². The molecule has 168 valence electrons. The highest BCUT2D eigenvalue weighted by atomic mass is 35.5. The van der Waals surface area contributed by atoms with Crippen LogP contribution in [0.15, 0.2) is 30.3 Å². The van der Waals surface area contributed by atoms with Crippen molar-refractivity contribution in [3.63, 3.8) is 0 Å². The third kappa shape index (κ3) is 5.48. The maximum Gasteiger partial charge on any atom is 0.142 e.